The Balaban J connectivity index is 2.50. The van der Waals surface area contributed by atoms with Crippen molar-refractivity contribution >= 4 is 51.5 Å². The summed E-state index contributed by atoms with van der Waals surface area (Å²) < 4.78 is 1.12. The fourth-order valence-corrected chi connectivity index (χ4v) is 2.29. The Hall–Kier alpha value is -1.07. The molecule has 0 heterocycles. The fourth-order valence-electron chi connectivity index (χ4n) is 1.71. The summed E-state index contributed by atoms with van der Waals surface area (Å²) in [6.07, 6.45) is 0. The van der Waals surface area contributed by atoms with Crippen molar-refractivity contribution in [2.45, 2.75) is 6.92 Å². The molecular formula is C14H11ClINO. The highest BCUT2D eigenvalue weighted by Crippen LogP contribution is 2.32. The van der Waals surface area contributed by atoms with Crippen LogP contribution in [0.4, 0.5) is 11.4 Å². The second-order valence-electron chi connectivity index (χ2n) is 3.78. The van der Waals surface area contributed by atoms with Gasteiger partial charge >= 0.3 is 0 Å². The molecule has 0 aliphatic rings. The minimum atomic E-state index is -0.0655. The van der Waals surface area contributed by atoms with Gasteiger partial charge < -0.3 is 0 Å². The number of nitrogens with zero attached hydrogens (tertiary/aromatic N) is 1. The molecule has 0 saturated heterocycles. The number of hydrogen-bond donors (Lipinski definition) is 0. The maximum Gasteiger partial charge on any atom is 0.228 e. The van der Waals surface area contributed by atoms with E-state index in [9.17, 15) is 4.79 Å². The van der Waals surface area contributed by atoms with E-state index in [1.54, 1.807) is 11.0 Å². The van der Waals surface area contributed by atoms with Gasteiger partial charge in [-0.1, -0.05) is 23.7 Å². The number of hydrogen-bond acceptors (Lipinski definition) is 1. The minimum Gasteiger partial charge on any atom is -0.280 e. The lowest BCUT2D eigenvalue weighted by molar-refractivity contribution is -0.115. The second-order valence-corrected chi connectivity index (χ2v) is 5.44. The maximum atomic E-state index is 11.8. The van der Waals surface area contributed by atoms with Gasteiger partial charge in [0.05, 0.1) is 10.7 Å². The van der Waals surface area contributed by atoms with Crippen molar-refractivity contribution in [1.29, 1.82) is 0 Å². The molecule has 2 rings (SSSR count). The van der Waals surface area contributed by atoms with Crippen molar-refractivity contribution in [3.8, 4) is 0 Å². The van der Waals surface area contributed by atoms with Crippen LogP contribution in [0.1, 0.15) is 6.92 Å². The first-order valence-corrected chi connectivity index (χ1v) is 6.86. The van der Waals surface area contributed by atoms with Gasteiger partial charge in [-0.15, -0.1) is 0 Å². The lowest BCUT2D eigenvalue weighted by Crippen LogP contribution is -2.22. The van der Waals surface area contributed by atoms with Crippen LogP contribution in [0.2, 0.25) is 5.02 Å². The molecule has 2 aromatic rings. The van der Waals surface area contributed by atoms with Crippen LogP contribution in [0.3, 0.4) is 0 Å². The molecule has 0 aromatic heterocycles. The molecule has 0 aliphatic carbocycles. The normalized spacial score (nSPS) is 10.2. The molecule has 0 bridgehead atoms. The van der Waals surface area contributed by atoms with E-state index < -0.39 is 0 Å². The predicted octanol–water partition coefficient (Wildman–Crippen LogP) is 4.63. The Labute approximate surface area is 125 Å². The molecule has 0 radical (unpaired) electrons. The first kappa shape index (κ1) is 13.4. The number of halogens is 2. The second kappa shape index (κ2) is 5.71. The van der Waals surface area contributed by atoms with Gasteiger partial charge in [-0.2, -0.15) is 0 Å². The van der Waals surface area contributed by atoms with Crippen molar-refractivity contribution in [3.63, 3.8) is 0 Å². The number of amides is 1. The third-order valence-electron chi connectivity index (χ3n) is 2.49. The number of carbonyl (C=O) groups is 1. The molecule has 0 aliphatic heterocycles. The average Bonchev–Trinajstić information content (AvgIpc) is 2.34. The number of rotatable bonds is 2. The average molecular weight is 372 g/mol. The largest absolute Gasteiger partial charge is 0.280 e. The molecule has 18 heavy (non-hydrogen) atoms. The van der Waals surface area contributed by atoms with E-state index in [2.05, 4.69) is 22.6 Å². The van der Waals surface area contributed by atoms with Crippen LogP contribution < -0.4 is 4.90 Å². The lowest BCUT2D eigenvalue weighted by atomic mass is 10.2. The smallest absolute Gasteiger partial charge is 0.228 e. The van der Waals surface area contributed by atoms with Gasteiger partial charge in [-0.25, -0.2) is 0 Å². The molecular weight excluding hydrogens is 361 g/mol. The van der Waals surface area contributed by atoms with Crippen LogP contribution in [0.5, 0.6) is 0 Å². The molecule has 0 saturated carbocycles. The van der Waals surface area contributed by atoms with Crippen molar-refractivity contribution < 1.29 is 4.79 Å². The molecule has 0 unspecified atom stereocenters. The van der Waals surface area contributed by atoms with Gasteiger partial charge in [0.2, 0.25) is 5.91 Å². The fraction of sp³-hybridized carbons (Fsp3) is 0.0714. The van der Waals surface area contributed by atoms with E-state index in [4.69, 9.17) is 11.6 Å². The Morgan fingerprint density at radius 1 is 1.11 bits per heavy atom. The summed E-state index contributed by atoms with van der Waals surface area (Å²) in [5, 5.41) is 0.561. The highest BCUT2D eigenvalue weighted by Gasteiger charge is 2.16. The lowest BCUT2D eigenvalue weighted by Gasteiger charge is -2.22. The van der Waals surface area contributed by atoms with Gasteiger partial charge in [0.1, 0.15) is 0 Å². The standard InChI is InChI=1S/C14H11ClINO/c1-10(18)17(12-8-6-11(16)7-9-12)14-5-3-2-4-13(14)15/h2-9H,1H3. The highest BCUT2D eigenvalue weighted by atomic mass is 127. The summed E-state index contributed by atoms with van der Waals surface area (Å²) >= 11 is 8.38. The number of carbonyl (C=O) groups excluding carboxylic acids is 1. The number of para-hydroxylation sites is 1. The molecule has 2 aromatic carbocycles. The van der Waals surface area contributed by atoms with Crippen LogP contribution in [-0.4, -0.2) is 5.91 Å². The summed E-state index contributed by atoms with van der Waals surface area (Å²) in [5.41, 5.74) is 1.52. The summed E-state index contributed by atoms with van der Waals surface area (Å²) in [6, 6.07) is 15.1. The molecule has 0 N–H and O–H groups in total. The SMILES string of the molecule is CC(=O)N(c1ccc(I)cc1)c1ccccc1Cl. The van der Waals surface area contributed by atoms with Crippen molar-refractivity contribution in [1.82, 2.24) is 0 Å². The zero-order valence-corrected chi connectivity index (χ0v) is 12.6. The topological polar surface area (TPSA) is 20.3 Å². The van der Waals surface area contributed by atoms with Crippen LogP contribution in [0.25, 0.3) is 0 Å². The van der Waals surface area contributed by atoms with Gasteiger partial charge in [0, 0.05) is 16.2 Å². The zero-order chi connectivity index (χ0) is 13.1. The monoisotopic (exact) mass is 371 g/mol. The highest BCUT2D eigenvalue weighted by molar-refractivity contribution is 14.1. The van der Waals surface area contributed by atoms with E-state index in [-0.39, 0.29) is 5.91 Å². The summed E-state index contributed by atoms with van der Waals surface area (Å²) in [6.45, 7) is 1.53. The molecule has 92 valence electrons. The predicted molar refractivity (Wildman–Crippen MR) is 83.4 cm³/mol. The number of anilines is 2. The molecule has 4 heteroatoms. The Morgan fingerprint density at radius 2 is 1.72 bits per heavy atom. The van der Waals surface area contributed by atoms with Crippen LogP contribution in [0.15, 0.2) is 48.5 Å². The Morgan fingerprint density at radius 3 is 2.28 bits per heavy atom. The van der Waals surface area contributed by atoms with E-state index >= 15 is 0 Å². The first-order chi connectivity index (χ1) is 8.59. The molecule has 0 fully saturated rings. The van der Waals surface area contributed by atoms with E-state index in [0.717, 1.165) is 9.26 Å². The molecule has 0 atom stereocenters. The zero-order valence-electron chi connectivity index (χ0n) is 9.73. The van der Waals surface area contributed by atoms with Gasteiger partial charge in [0.25, 0.3) is 0 Å². The maximum absolute atomic E-state index is 11.8. The summed E-state index contributed by atoms with van der Waals surface area (Å²) in [5.74, 6) is -0.0655. The number of benzene rings is 2. The molecule has 1 amide bonds. The summed E-state index contributed by atoms with van der Waals surface area (Å²) in [7, 11) is 0. The molecule has 0 spiro atoms. The third-order valence-corrected chi connectivity index (χ3v) is 3.53. The van der Waals surface area contributed by atoms with Gasteiger partial charge in [0.15, 0.2) is 0 Å². The van der Waals surface area contributed by atoms with Gasteiger partial charge in [-0.3, -0.25) is 9.69 Å². The quantitative estimate of drug-likeness (QED) is 0.705. The van der Waals surface area contributed by atoms with Crippen LogP contribution >= 0.6 is 34.2 Å². The van der Waals surface area contributed by atoms with Crippen molar-refractivity contribution in [2.24, 2.45) is 0 Å². The first-order valence-electron chi connectivity index (χ1n) is 5.40. The third kappa shape index (κ3) is 2.84. The van der Waals surface area contributed by atoms with Crippen molar-refractivity contribution in [2.75, 3.05) is 4.90 Å². The Bertz CT molecular complexity index is 568. The van der Waals surface area contributed by atoms with Crippen LogP contribution in [0, 0.1) is 3.57 Å². The van der Waals surface area contributed by atoms with Crippen molar-refractivity contribution in [3.05, 3.63) is 57.1 Å². The van der Waals surface area contributed by atoms with E-state index in [1.165, 1.54) is 6.92 Å². The van der Waals surface area contributed by atoms with E-state index in [1.807, 2.05) is 42.5 Å². The Kier molecular flexibility index (Phi) is 4.24. The van der Waals surface area contributed by atoms with Crippen LogP contribution in [-0.2, 0) is 4.79 Å². The molecule has 2 nitrogen and oxygen atoms in total. The van der Waals surface area contributed by atoms with Gasteiger partial charge in [-0.05, 0) is 59.0 Å². The minimum absolute atomic E-state index is 0.0655. The van der Waals surface area contributed by atoms with E-state index in [0.29, 0.717) is 10.7 Å². The summed E-state index contributed by atoms with van der Waals surface area (Å²) in [4.78, 5) is 13.5.